The molecule has 1 saturated heterocycles. The van der Waals surface area contributed by atoms with Gasteiger partial charge in [-0.2, -0.15) is 0 Å². The molecule has 0 aromatic heterocycles. The molecule has 0 aromatic carbocycles. The summed E-state index contributed by atoms with van der Waals surface area (Å²) in [5.74, 6) is 0. The number of nitrogens with two attached hydrogens (primary N) is 1. The Morgan fingerprint density at radius 1 is 1.29 bits per heavy atom. The Morgan fingerprint density at radius 3 is 2.64 bits per heavy atom. The predicted molar refractivity (Wildman–Crippen MR) is 62.3 cm³/mol. The van der Waals surface area contributed by atoms with Crippen molar-refractivity contribution in [2.24, 2.45) is 11.1 Å². The van der Waals surface area contributed by atoms with Crippen LogP contribution in [0.3, 0.4) is 0 Å². The standard InChI is InChI=1S/C12H26N2/c1-11(13)5-9-14-8-4-6-12(2,3)7-10-14/h11H,4-10,13H2,1-3H3. The zero-order valence-electron chi connectivity index (χ0n) is 10.1. The van der Waals surface area contributed by atoms with Gasteiger partial charge in [0.2, 0.25) is 0 Å². The minimum absolute atomic E-state index is 0.353. The number of hydrogen-bond donors (Lipinski definition) is 1. The molecule has 2 nitrogen and oxygen atoms in total. The van der Waals surface area contributed by atoms with Crippen molar-refractivity contribution in [1.29, 1.82) is 0 Å². The summed E-state index contributed by atoms with van der Waals surface area (Å²) in [6.45, 7) is 10.6. The van der Waals surface area contributed by atoms with E-state index in [1.165, 1.54) is 38.9 Å². The van der Waals surface area contributed by atoms with Crippen molar-refractivity contribution in [3.8, 4) is 0 Å². The molecule has 1 unspecified atom stereocenters. The summed E-state index contributed by atoms with van der Waals surface area (Å²) >= 11 is 0. The highest BCUT2D eigenvalue weighted by Gasteiger charge is 2.22. The van der Waals surface area contributed by atoms with Crippen molar-refractivity contribution in [3.05, 3.63) is 0 Å². The lowest BCUT2D eigenvalue weighted by Gasteiger charge is -2.23. The second-order valence-electron chi connectivity index (χ2n) is 5.63. The van der Waals surface area contributed by atoms with E-state index >= 15 is 0 Å². The first kappa shape index (κ1) is 12.0. The van der Waals surface area contributed by atoms with Crippen LogP contribution in [0.15, 0.2) is 0 Å². The summed E-state index contributed by atoms with van der Waals surface area (Å²) in [7, 11) is 0. The molecule has 1 aliphatic heterocycles. The molecule has 1 rings (SSSR count). The summed E-state index contributed by atoms with van der Waals surface area (Å²) in [6.07, 6.45) is 5.21. The van der Waals surface area contributed by atoms with Crippen LogP contribution in [0.4, 0.5) is 0 Å². The highest BCUT2D eigenvalue weighted by molar-refractivity contribution is 4.76. The van der Waals surface area contributed by atoms with E-state index in [1.807, 2.05) is 0 Å². The van der Waals surface area contributed by atoms with Gasteiger partial charge in [-0.15, -0.1) is 0 Å². The molecule has 1 aliphatic rings. The normalized spacial score (nSPS) is 25.7. The van der Waals surface area contributed by atoms with Crippen LogP contribution in [0.25, 0.3) is 0 Å². The third-order valence-electron chi connectivity index (χ3n) is 3.33. The maximum Gasteiger partial charge on any atom is 0.00226 e. The van der Waals surface area contributed by atoms with Crippen molar-refractivity contribution in [1.82, 2.24) is 4.90 Å². The maximum absolute atomic E-state index is 5.78. The SMILES string of the molecule is CC(N)CCN1CCCC(C)(C)CC1. The highest BCUT2D eigenvalue weighted by Crippen LogP contribution is 2.29. The van der Waals surface area contributed by atoms with Gasteiger partial charge in [0.15, 0.2) is 0 Å². The van der Waals surface area contributed by atoms with Crippen LogP contribution in [-0.4, -0.2) is 30.6 Å². The Balaban J connectivity index is 2.28. The van der Waals surface area contributed by atoms with Crippen LogP contribution in [-0.2, 0) is 0 Å². The summed E-state index contributed by atoms with van der Waals surface area (Å²) in [5, 5.41) is 0. The van der Waals surface area contributed by atoms with Gasteiger partial charge < -0.3 is 10.6 Å². The quantitative estimate of drug-likeness (QED) is 0.753. The summed E-state index contributed by atoms with van der Waals surface area (Å²) in [6, 6.07) is 0.353. The van der Waals surface area contributed by atoms with Crippen molar-refractivity contribution in [2.45, 2.75) is 52.5 Å². The van der Waals surface area contributed by atoms with Crippen LogP contribution in [0.5, 0.6) is 0 Å². The zero-order valence-corrected chi connectivity index (χ0v) is 10.1. The first-order chi connectivity index (χ1) is 6.49. The molecular formula is C12H26N2. The molecule has 2 N–H and O–H groups in total. The molecular weight excluding hydrogens is 172 g/mol. The van der Waals surface area contributed by atoms with Crippen LogP contribution >= 0.6 is 0 Å². The average molecular weight is 198 g/mol. The summed E-state index contributed by atoms with van der Waals surface area (Å²) in [5.41, 5.74) is 6.33. The van der Waals surface area contributed by atoms with Crippen LogP contribution in [0.2, 0.25) is 0 Å². The van der Waals surface area contributed by atoms with Crippen molar-refractivity contribution >= 4 is 0 Å². The van der Waals surface area contributed by atoms with Gasteiger partial charge >= 0.3 is 0 Å². The maximum atomic E-state index is 5.78. The molecule has 14 heavy (non-hydrogen) atoms. The molecule has 2 heteroatoms. The molecule has 0 aliphatic carbocycles. The molecule has 0 radical (unpaired) electrons. The minimum Gasteiger partial charge on any atom is -0.328 e. The lowest BCUT2D eigenvalue weighted by molar-refractivity contribution is 0.255. The molecule has 1 heterocycles. The topological polar surface area (TPSA) is 29.3 Å². The lowest BCUT2D eigenvalue weighted by atomic mass is 9.85. The Kier molecular flexibility index (Phi) is 4.39. The van der Waals surface area contributed by atoms with E-state index in [2.05, 4.69) is 25.7 Å². The number of rotatable bonds is 3. The van der Waals surface area contributed by atoms with E-state index in [0.717, 1.165) is 6.42 Å². The van der Waals surface area contributed by atoms with Crippen molar-refractivity contribution in [3.63, 3.8) is 0 Å². The molecule has 1 atom stereocenters. The minimum atomic E-state index is 0.353. The van der Waals surface area contributed by atoms with Gasteiger partial charge in [-0.3, -0.25) is 0 Å². The third-order valence-corrected chi connectivity index (χ3v) is 3.33. The van der Waals surface area contributed by atoms with E-state index in [-0.39, 0.29) is 0 Å². The third kappa shape index (κ3) is 4.43. The fourth-order valence-corrected chi connectivity index (χ4v) is 2.09. The van der Waals surface area contributed by atoms with Gasteiger partial charge in [-0.1, -0.05) is 13.8 Å². The fourth-order valence-electron chi connectivity index (χ4n) is 2.09. The van der Waals surface area contributed by atoms with E-state index in [9.17, 15) is 0 Å². The first-order valence-corrected chi connectivity index (χ1v) is 5.97. The lowest BCUT2D eigenvalue weighted by Crippen LogP contribution is -2.30. The fraction of sp³-hybridized carbons (Fsp3) is 1.00. The molecule has 0 aromatic rings. The van der Waals surface area contributed by atoms with E-state index in [1.54, 1.807) is 0 Å². The zero-order chi connectivity index (χ0) is 10.6. The first-order valence-electron chi connectivity index (χ1n) is 5.97. The molecule has 0 spiro atoms. The van der Waals surface area contributed by atoms with Gasteiger partial charge in [-0.25, -0.2) is 0 Å². The molecule has 0 bridgehead atoms. The van der Waals surface area contributed by atoms with Gasteiger partial charge in [0.05, 0.1) is 0 Å². The van der Waals surface area contributed by atoms with Crippen LogP contribution in [0.1, 0.15) is 46.5 Å². The van der Waals surface area contributed by atoms with Crippen LogP contribution < -0.4 is 5.73 Å². The largest absolute Gasteiger partial charge is 0.328 e. The molecule has 1 fully saturated rings. The van der Waals surface area contributed by atoms with Crippen molar-refractivity contribution in [2.75, 3.05) is 19.6 Å². The number of hydrogen-bond acceptors (Lipinski definition) is 2. The van der Waals surface area contributed by atoms with Gasteiger partial charge in [0, 0.05) is 6.04 Å². The summed E-state index contributed by atoms with van der Waals surface area (Å²) < 4.78 is 0. The van der Waals surface area contributed by atoms with E-state index in [4.69, 9.17) is 5.73 Å². The predicted octanol–water partition coefficient (Wildman–Crippen LogP) is 2.24. The monoisotopic (exact) mass is 198 g/mol. The van der Waals surface area contributed by atoms with E-state index < -0.39 is 0 Å². The van der Waals surface area contributed by atoms with Gasteiger partial charge in [0.25, 0.3) is 0 Å². The Bertz CT molecular complexity index is 164. The Hall–Kier alpha value is -0.0800. The molecule has 84 valence electrons. The van der Waals surface area contributed by atoms with Gasteiger partial charge in [-0.05, 0) is 57.7 Å². The Morgan fingerprint density at radius 2 is 2.00 bits per heavy atom. The van der Waals surface area contributed by atoms with Crippen molar-refractivity contribution < 1.29 is 0 Å². The van der Waals surface area contributed by atoms with Crippen LogP contribution in [0, 0.1) is 5.41 Å². The highest BCUT2D eigenvalue weighted by atomic mass is 15.1. The molecule has 0 saturated carbocycles. The Labute approximate surface area is 88.8 Å². The number of nitrogens with zero attached hydrogens (tertiary/aromatic N) is 1. The van der Waals surface area contributed by atoms with E-state index in [0.29, 0.717) is 11.5 Å². The van der Waals surface area contributed by atoms with Gasteiger partial charge in [0.1, 0.15) is 0 Å². The smallest absolute Gasteiger partial charge is 0.00226 e. The second kappa shape index (κ2) is 5.13. The summed E-state index contributed by atoms with van der Waals surface area (Å²) in [4.78, 5) is 2.58. The molecule has 0 amide bonds. The number of likely N-dealkylation sites (tertiary alicyclic amines) is 1. The second-order valence-corrected chi connectivity index (χ2v) is 5.63. The average Bonchev–Trinajstić information content (AvgIpc) is 2.23.